The van der Waals surface area contributed by atoms with Crippen molar-refractivity contribution in [1.29, 1.82) is 0 Å². The Bertz CT molecular complexity index is 1120. The maximum absolute atomic E-state index is 13.1. The fraction of sp³-hybridized carbons (Fsp3) is 0.429. The van der Waals surface area contributed by atoms with Crippen LogP contribution in [0, 0.1) is 0 Å². The van der Waals surface area contributed by atoms with Gasteiger partial charge in [-0.3, -0.25) is 24.0 Å². The summed E-state index contributed by atoms with van der Waals surface area (Å²) in [4.78, 5) is 85.1. The Balaban J connectivity index is 2.20. The maximum Gasteiger partial charge on any atom is 0.326 e. The van der Waals surface area contributed by atoms with E-state index < -0.39 is 79.1 Å². The van der Waals surface area contributed by atoms with Gasteiger partial charge in [-0.2, -0.15) is 0 Å². The summed E-state index contributed by atoms with van der Waals surface area (Å²) < 4.78 is 0. The molecule has 0 spiro atoms. The first kappa shape index (κ1) is 29.4. The van der Waals surface area contributed by atoms with Crippen LogP contribution in [-0.2, 0) is 41.6 Å². The molecule has 2 aromatic rings. The first-order chi connectivity index (χ1) is 18.0. The Morgan fingerprint density at radius 1 is 0.763 bits per heavy atom. The van der Waals surface area contributed by atoms with E-state index in [0.29, 0.717) is 11.4 Å². The van der Waals surface area contributed by atoms with Crippen molar-refractivity contribution in [1.82, 2.24) is 35.9 Å². The van der Waals surface area contributed by atoms with Crippen LogP contribution < -0.4 is 21.7 Å². The topological polar surface area (TPSA) is 283 Å². The molecule has 10 N–H and O–H groups in total. The number of amides is 3. The third kappa shape index (κ3) is 9.69. The Kier molecular flexibility index (Phi) is 10.9. The monoisotopic (exact) mass is 536 g/mol. The molecule has 0 aliphatic heterocycles. The fourth-order valence-corrected chi connectivity index (χ4v) is 3.28. The Morgan fingerprint density at radius 2 is 1.26 bits per heavy atom. The molecule has 0 aliphatic carbocycles. The van der Waals surface area contributed by atoms with E-state index in [1.165, 1.54) is 25.0 Å². The number of imidazole rings is 2. The minimum absolute atomic E-state index is 0.134. The van der Waals surface area contributed by atoms with Crippen molar-refractivity contribution in [2.24, 2.45) is 5.73 Å². The number of nitrogens with two attached hydrogens (primary N) is 1. The maximum atomic E-state index is 13.1. The average molecular weight is 537 g/mol. The zero-order valence-corrected chi connectivity index (χ0v) is 19.9. The van der Waals surface area contributed by atoms with Crippen molar-refractivity contribution >= 4 is 35.6 Å². The van der Waals surface area contributed by atoms with E-state index >= 15 is 0 Å². The highest BCUT2D eigenvalue weighted by molar-refractivity contribution is 5.95. The molecule has 2 aromatic heterocycles. The van der Waals surface area contributed by atoms with E-state index in [-0.39, 0.29) is 12.8 Å². The van der Waals surface area contributed by atoms with Crippen LogP contribution in [0.5, 0.6) is 0 Å². The molecule has 17 heteroatoms. The van der Waals surface area contributed by atoms with Gasteiger partial charge < -0.3 is 47.0 Å². The Labute approximate surface area is 214 Å². The average Bonchev–Trinajstić information content (AvgIpc) is 3.54. The highest BCUT2D eigenvalue weighted by Crippen LogP contribution is 2.06. The first-order valence-electron chi connectivity index (χ1n) is 11.2. The second-order valence-electron chi connectivity index (χ2n) is 8.22. The summed E-state index contributed by atoms with van der Waals surface area (Å²) in [5.41, 5.74) is 6.36. The highest BCUT2D eigenvalue weighted by atomic mass is 16.4. The Morgan fingerprint density at radius 3 is 1.74 bits per heavy atom. The molecular formula is C21H28N8O9. The molecule has 0 aromatic carbocycles. The van der Waals surface area contributed by atoms with Gasteiger partial charge in [-0.05, 0) is 6.42 Å². The van der Waals surface area contributed by atoms with Crippen LogP contribution in [0.25, 0.3) is 0 Å². The van der Waals surface area contributed by atoms with E-state index in [4.69, 9.17) is 15.9 Å². The van der Waals surface area contributed by atoms with E-state index in [1.807, 2.05) is 0 Å². The zero-order valence-electron chi connectivity index (χ0n) is 19.9. The molecule has 0 saturated carbocycles. The lowest BCUT2D eigenvalue weighted by Gasteiger charge is -2.24. The van der Waals surface area contributed by atoms with Crippen LogP contribution >= 0.6 is 0 Å². The summed E-state index contributed by atoms with van der Waals surface area (Å²) in [5, 5.41) is 34.3. The van der Waals surface area contributed by atoms with E-state index in [9.17, 15) is 33.9 Å². The molecule has 4 atom stereocenters. The predicted octanol–water partition coefficient (Wildman–Crippen LogP) is -2.88. The minimum atomic E-state index is -1.52. The van der Waals surface area contributed by atoms with E-state index in [0.717, 1.165) is 0 Å². The normalized spacial score (nSPS) is 13.9. The van der Waals surface area contributed by atoms with Crippen LogP contribution in [-0.4, -0.2) is 95.1 Å². The number of aromatic nitrogens is 4. The highest BCUT2D eigenvalue weighted by Gasteiger charge is 2.31. The number of nitrogens with one attached hydrogen (secondary N) is 5. The lowest BCUT2D eigenvalue weighted by atomic mass is 10.1. The number of carbonyl (C=O) groups is 6. The summed E-state index contributed by atoms with van der Waals surface area (Å²) in [5.74, 6) is -6.86. The molecule has 4 unspecified atom stereocenters. The molecule has 2 rings (SSSR count). The molecular weight excluding hydrogens is 508 g/mol. The number of aromatic amines is 2. The van der Waals surface area contributed by atoms with Gasteiger partial charge in [0.2, 0.25) is 17.7 Å². The van der Waals surface area contributed by atoms with Gasteiger partial charge in [-0.1, -0.05) is 0 Å². The van der Waals surface area contributed by atoms with E-state index in [2.05, 4.69) is 35.9 Å². The van der Waals surface area contributed by atoms with Gasteiger partial charge in [0.25, 0.3) is 0 Å². The smallest absolute Gasteiger partial charge is 0.326 e. The molecule has 0 bridgehead atoms. The molecule has 0 aliphatic rings. The van der Waals surface area contributed by atoms with Crippen LogP contribution in [0.2, 0.25) is 0 Å². The predicted molar refractivity (Wildman–Crippen MR) is 125 cm³/mol. The molecule has 0 radical (unpaired) electrons. The lowest BCUT2D eigenvalue weighted by Crippen LogP contribution is -2.58. The van der Waals surface area contributed by atoms with Crippen LogP contribution in [0.3, 0.4) is 0 Å². The van der Waals surface area contributed by atoms with Gasteiger partial charge in [0.1, 0.15) is 18.1 Å². The van der Waals surface area contributed by atoms with Crippen molar-refractivity contribution in [3.05, 3.63) is 36.4 Å². The van der Waals surface area contributed by atoms with Gasteiger partial charge >= 0.3 is 17.9 Å². The van der Waals surface area contributed by atoms with Crippen molar-refractivity contribution < 1.29 is 44.1 Å². The zero-order chi connectivity index (χ0) is 28.2. The summed E-state index contributed by atoms with van der Waals surface area (Å²) in [6.07, 6.45) is 3.44. The third-order valence-corrected chi connectivity index (χ3v) is 5.22. The van der Waals surface area contributed by atoms with Gasteiger partial charge in [0.05, 0.1) is 25.1 Å². The third-order valence-electron chi connectivity index (χ3n) is 5.22. The van der Waals surface area contributed by atoms with Crippen LogP contribution in [0.4, 0.5) is 0 Å². The number of carboxylic acid groups (broad SMARTS) is 3. The van der Waals surface area contributed by atoms with Gasteiger partial charge in [-0.25, -0.2) is 14.8 Å². The second-order valence-corrected chi connectivity index (χ2v) is 8.22. The fourth-order valence-electron chi connectivity index (χ4n) is 3.28. The van der Waals surface area contributed by atoms with Crippen LogP contribution in [0.1, 0.15) is 30.7 Å². The molecule has 0 fully saturated rings. The summed E-state index contributed by atoms with van der Waals surface area (Å²) in [6, 6.07) is -5.77. The largest absolute Gasteiger partial charge is 0.481 e. The van der Waals surface area contributed by atoms with Gasteiger partial charge in [-0.15, -0.1) is 0 Å². The number of H-pyrrole nitrogens is 2. The van der Waals surface area contributed by atoms with Gasteiger partial charge in [0, 0.05) is 43.0 Å². The number of hydrogen-bond donors (Lipinski definition) is 9. The minimum Gasteiger partial charge on any atom is -0.481 e. The SMILES string of the molecule is NC(CC(=O)O)C(=O)NC(CCC(=O)O)C(=O)NC(Cc1cnc[nH]1)C(=O)NC(Cc1cnc[nH]1)C(=O)O. The molecule has 2 heterocycles. The molecule has 0 saturated heterocycles. The number of nitrogens with zero attached hydrogens (tertiary/aromatic N) is 2. The number of carboxylic acids is 3. The molecule has 206 valence electrons. The van der Waals surface area contributed by atoms with Crippen molar-refractivity contribution in [2.75, 3.05) is 0 Å². The number of rotatable bonds is 16. The first-order valence-corrected chi connectivity index (χ1v) is 11.2. The van der Waals surface area contributed by atoms with E-state index in [1.54, 1.807) is 0 Å². The second kappa shape index (κ2) is 14.1. The molecule has 3 amide bonds. The number of carbonyl (C=O) groups excluding carboxylic acids is 3. The molecule has 38 heavy (non-hydrogen) atoms. The number of hydrogen-bond acceptors (Lipinski definition) is 9. The van der Waals surface area contributed by atoms with Crippen LogP contribution in [0.15, 0.2) is 25.0 Å². The standard InChI is InChI=1S/C21H28N8O9/c22-12(5-17(32)33)18(34)27-13(1-2-16(30)31)19(35)28-14(3-10-6-23-8-25-10)20(36)29-15(21(37)38)4-11-7-24-9-26-11/h6-9,12-15H,1-5,22H2,(H,23,25)(H,24,26)(H,27,34)(H,28,35)(H,29,36)(H,30,31)(H,32,33)(H,37,38). The molecule has 17 nitrogen and oxygen atoms in total. The lowest BCUT2D eigenvalue weighted by molar-refractivity contribution is -0.142. The Hall–Kier alpha value is -4.80. The summed E-state index contributed by atoms with van der Waals surface area (Å²) in [7, 11) is 0. The number of aliphatic carboxylic acids is 3. The summed E-state index contributed by atoms with van der Waals surface area (Å²) >= 11 is 0. The quantitative estimate of drug-likeness (QED) is 0.105. The van der Waals surface area contributed by atoms with Crippen molar-refractivity contribution in [3.8, 4) is 0 Å². The van der Waals surface area contributed by atoms with Crippen molar-refractivity contribution in [2.45, 2.75) is 56.3 Å². The summed E-state index contributed by atoms with van der Waals surface area (Å²) in [6.45, 7) is 0. The van der Waals surface area contributed by atoms with Gasteiger partial charge in [0.15, 0.2) is 0 Å². The van der Waals surface area contributed by atoms with Crippen molar-refractivity contribution in [3.63, 3.8) is 0 Å².